The highest BCUT2D eigenvalue weighted by atomic mass is 19.1. The average Bonchev–Trinajstić information content (AvgIpc) is 2.67. The SMILES string of the molecule is CCc1cc(C)c(Oc2ccnc3ccc(C(=O)NC4CCC4)cc23)cc1F. The summed E-state index contributed by atoms with van der Waals surface area (Å²) in [4.78, 5) is 16.9. The lowest BCUT2D eigenvalue weighted by Crippen LogP contribution is -2.39. The minimum absolute atomic E-state index is 0.0871. The fourth-order valence-corrected chi connectivity index (χ4v) is 3.39. The van der Waals surface area contributed by atoms with Crippen LogP contribution in [0.5, 0.6) is 11.5 Å². The van der Waals surface area contributed by atoms with Crippen molar-refractivity contribution in [1.82, 2.24) is 10.3 Å². The van der Waals surface area contributed by atoms with Crippen LogP contribution in [0, 0.1) is 12.7 Å². The summed E-state index contributed by atoms with van der Waals surface area (Å²) in [5.74, 6) is 0.652. The Bertz CT molecular complexity index is 1040. The molecule has 2 aromatic carbocycles. The van der Waals surface area contributed by atoms with Crippen LogP contribution >= 0.6 is 0 Å². The Morgan fingerprint density at radius 1 is 1.21 bits per heavy atom. The number of amides is 1. The number of nitrogens with one attached hydrogen (secondary N) is 1. The third kappa shape index (κ3) is 3.57. The molecule has 1 aliphatic rings. The fourth-order valence-electron chi connectivity index (χ4n) is 3.39. The van der Waals surface area contributed by atoms with Gasteiger partial charge in [-0.05, 0) is 74.1 Å². The van der Waals surface area contributed by atoms with E-state index in [1.165, 1.54) is 6.07 Å². The standard InChI is InChI=1S/C23H23FN2O2/c1-3-15-11-14(2)22(13-19(15)24)28-21-9-10-25-20-8-7-16(12-18(20)21)23(27)26-17-5-4-6-17/h7-13,17H,3-6H2,1-2H3,(H,26,27). The van der Waals surface area contributed by atoms with E-state index in [0.717, 1.165) is 35.7 Å². The molecule has 144 valence electrons. The van der Waals surface area contributed by atoms with Gasteiger partial charge in [0.05, 0.1) is 5.52 Å². The van der Waals surface area contributed by atoms with Crippen LogP contribution in [0.25, 0.3) is 10.9 Å². The lowest BCUT2D eigenvalue weighted by atomic mass is 9.93. The summed E-state index contributed by atoms with van der Waals surface area (Å²) in [6, 6.07) is 10.6. The highest BCUT2D eigenvalue weighted by molar-refractivity contribution is 5.99. The molecular weight excluding hydrogens is 355 g/mol. The third-order valence-corrected chi connectivity index (χ3v) is 5.35. The van der Waals surface area contributed by atoms with Crippen LogP contribution in [0.3, 0.4) is 0 Å². The van der Waals surface area contributed by atoms with Gasteiger partial charge in [-0.2, -0.15) is 0 Å². The van der Waals surface area contributed by atoms with Crippen LogP contribution in [-0.2, 0) is 6.42 Å². The van der Waals surface area contributed by atoms with Crippen molar-refractivity contribution in [3.05, 3.63) is 65.1 Å². The highest BCUT2D eigenvalue weighted by Crippen LogP contribution is 2.32. The molecule has 0 saturated heterocycles. The minimum atomic E-state index is -0.276. The molecule has 1 amide bonds. The molecule has 4 nitrogen and oxygen atoms in total. The number of hydrogen-bond donors (Lipinski definition) is 1. The molecule has 0 spiro atoms. The number of aromatic nitrogens is 1. The van der Waals surface area contributed by atoms with Gasteiger partial charge in [-0.1, -0.05) is 6.92 Å². The highest BCUT2D eigenvalue weighted by Gasteiger charge is 2.20. The van der Waals surface area contributed by atoms with Gasteiger partial charge < -0.3 is 10.1 Å². The topological polar surface area (TPSA) is 51.2 Å². The molecule has 1 aromatic heterocycles. The molecule has 5 heteroatoms. The number of hydrogen-bond acceptors (Lipinski definition) is 3. The smallest absolute Gasteiger partial charge is 0.251 e. The number of pyridine rings is 1. The molecular formula is C23H23FN2O2. The zero-order valence-electron chi connectivity index (χ0n) is 16.1. The van der Waals surface area contributed by atoms with Crippen LogP contribution in [0.1, 0.15) is 47.7 Å². The van der Waals surface area contributed by atoms with Crippen LogP contribution in [0.15, 0.2) is 42.6 Å². The molecule has 1 fully saturated rings. The second-order valence-electron chi connectivity index (χ2n) is 7.31. The van der Waals surface area contributed by atoms with Crippen molar-refractivity contribution in [3.8, 4) is 11.5 Å². The molecule has 1 saturated carbocycles. The number of nitrogens with zero attached hydrogens (tertiary/aromatic N) is 1. The van der Waals surface area contributed by atoms with Crippen molar-refractivity contribution in [2.75, 3.05) is 0 Å². The molecule has 3 aromatic rings. The zero-order chi connectivity index (χ0) is 19.7. The Morgan fingerprint density at radius 2 is 2.04 bits per heavy atom. The van der Waals surface area contributed by atoms with Gasteiger partial charge >= 0.3 is 0 Å². The largest absolute Gasteiger partial charge is 0.456 e. The minimum Gasteiger partial charge on any atom is -0.456 e. The maximum atomic E-state index is 14.2. The van der Waals surface area contributed by atoms with Gasteiger partial charge in [-0.3, -0.25) is 9.78 Å². The van der Waals surface area contributed by atoms with Crippen molar-refractivity contribution in [1.29, 1.82) is 0 Å². The summed E-state index contributed by atoms with van der Waals surface area (Å²) in [5.41, 5.74) is 2.82. The predicted molar refractivity (Wildman–Crippen MR) is 107 cm³/mol. The van der Waals surface area contributed by atoms with Crippen LogP contribution in [0.4, 0.5) is 4.39 Å². The van der Waals surface area contributed by atoms with E-state index in [9.17, 15) is 9.18 Å². The first kappa shape index (κ1) is 18.4. The van der Waals surface area contributed by atoms with Gasteiger partial charge in [0.2, 0.25) is 0 Å². The maximum Gasteiger partial charge on any atom is 0.251 e. The number of ether oxygens (including phenoxy) is 1. The van der Waals surface area contributed by atoms with Gasteiger partial charge in [0.1, 0.15) is 17.3 Å². The number of rotatable bonds is 5. The van der Waals surface area contributed by atoms with E-state index < -0.39 is 0 Å². The number of benzene rings is 2. The van der Waals surface area contributed by atoms with E-state index in [4.69, 9.17) is 4.74 Å². The first-order chi connectivity index (χ1) is 13.5. The van der Waals surface area contributed by atoms with Crippen molar-refractivity contribution in [2.45, 2.75) is 45.6 Å². The second-order valence-corrected chi connectivity index (χ2v) is 7.31. The predicted octanol–water partition coefficient (Wildman–Crippen LogP) is 5.32. The Kier molecular flexibility index (Phi) is 4.99. The van der Waals surface area contributed by atoms with Crippen molar-refractivity contribution < 1.29 is 13.9 Å². The van der Waals surface area contributed by atoms with E-state index >= 15 is 0 Å². The Balaban J connectivity index is 1.68. The summed E-state index contributed by atoms with van der Waals surface area (Å²) < 4.78 is 20.3. The molecule has 1 aliphatic carbocycles. The van der Waals surface area contributed by atoms with Crippen LogP contribution < -0.4 is 10.1 Å². The van der Waals surface area contributed by atoms with Crippen LogP contribution in [-0.4, -0.2) is 16.9 Å². The van der Waals surface area contributed by atoms with Crippen molar-refractivity contribution >= 4 is 16.8 Å². The number of fused-ring (bicyclic) bond motifs is 1. The van der Waals surface area contributed by atoms with Crippen molar-refractivity contribution in [2.24, 2.45) is 0 Å². The monoisotopic (exact) mass is 378 g/mol. The van der Waals surface area contributed by atoms with Gasteiger partial charge in [0.25, 0.3) is 5.91 Å². The lowest BCUT2D eigenvalue weighted by molar-refractivity contribution is 0.0917. The van der Waals surface area contributed by atoms with E-state index in [0.29, 0.717) is 29.0 Å². The quantitative estimate of drug-likeness (QED) is 0.654. The molecule has 1 N–H and O–H groups in total. The zero-order valence-corrected chi connectivity index (χ0v) is 16.1. The Labute approximate surface area is 163 Å². The van der Waals surface area contributed by atoms with E-state index in [-0.39, 0.29) is 17.8 Å². The molecule has 1 heterocycles. The molecule has 0 aliphatic heterocycles. The Morgan fingerprint density at radius 3 is 2.75 bits per heavy atom. The second kappa shape index (κ2) is 7.58. The molecule has 0 bridgehead atoms. The molecule has 0 unspecified atom stereocenters. The van der Waals surface area contributed by atoms with Gasteiger partial charge in [0, 0.05) is 29.3 Å². The molecule has 0 atom stereocenters. The lowest BCUT2D eigenvalue weighted by Gasteiger charge is -2.26. The van der Waals surface area contributed by atoms with Gasteiger partial charge in [-0.25, -0.2) is 4.39 Å². The van der Waals surface area contributed by atoms with E-state index in [2.05, 4.69) is 10.3 Å². The number of carbonyl (C=O) groups is 1. The normalized spacial score (nSPS) is 14.0. The Hall–Kier alpha value is -2.95. The number of carbonyl (C=O) groups excluding carboxylic acids is 1. The van der Waals surface area contributed by atoms with Gasteiger partial charge in [-0.15, -0.1) is 0 Å². The fraction of sp³-hybridized carbons (Fsp3) is 0.304. The molecule has 28 heavy (non-hydrogen) atoms. The summed E-state index contributed by atoms with van der Waals surface area (Å²) in [5, 5.41) is 3.77. The number of aryl methyl sites for hydroxylation is 2. The number of halogens is 1. The summed E-state index contributed by atoms with van der Waals surface area (Å²) >= 11 is 0. The van der Waals surface area contributed by atoms with Crippen molar-refractivity contribution in [3.63, 3.8) is 0 Å². The molecule has 0 radical (unpaired) electrons. The summed E-state index contributed by atoms with van der Waals surface area (Å²) in [6.07, 6.45) is 5.52. The first-order valence-corrected chi connectivity index (χ1v) is 9.71. The first-order valence-electron chi connectivity index (χ1n) is 9.71. The van der Waals surface area contributed by atoms with Gasteiger partial charge in [0.15, 0.2) is 0 Å². The van der Waals surface area contributed by atoms with E-state index in [1.54, 1.807) is 24.4 Å². The molecule has 4 rings (SSSR count). The summed E-state index contributed by atoms with van der Waals surface area (Å²) in [7, 11) is 0. The van der Waals surface area contributed by atoms with E-state index in [1.807, 2.05) is 26.0 Å². The summed E-state index contributed by atoms with van der Waals surface area (Å²) in [6.45, 7) is 3.82. The van der Waals surface area contributed by atoms with Crippen LogP contribution in [0.2, 0.25) is 0 Å². The third-order valence-electron chi connectivity index (χ3n) is 5.35. The maximum absolute atomic E-state index is 14.2. The average molecular weight is 378 g/mol.